The topological polar surface area (TPSA) is 87.6 Å². The lowest BCUT2D eigenvalue weighted by molar-refractivity contribution is 0.193. The zero-order chi connectivity index (χ0) is 16.4. The van der Waals surface area contributed by atoms with E-state index in [9.17, 15) is 4.79 Å². The summed E-state index contributed by atoms with van der Waals surface area (Å²) >= 11 is 0. The van der Waals surface area contributed by atoms with E-state index in [1.165, 1.54) is 12.7 Å². The summed E-state index contributed by atoms with van der Waals surface area (Å²) in [7, 11) is 0. The molecule has 1 aromatic carbocycles. The molecule has 1 fully saturated rings. The summed E-state index contributed by atoms with van der Waals surface area (Å²) in [4.78, 5) is 24.5. The number of oxazole rings is 2. The van der Waals surface area contributed by atoms with Crippen molar-refractivity contribution < 1.29 is 13.6 Å². The first-order valence-corrected chi connectivity index (χ1v) is 7.80. The van der Waals surface area contributed by atoms with Gasteiger partial charge in [0.1, 0.15) is 11.8 Å². The average Bonchev–Trinajstić information content (AvgIpc) is 3.29. The van der Waals surface area contributed by atoms with Gasteiger partial charge in [0.15, 0.2) is 12.0 Å². The van der Waals surface area contributed by atoms with Crippen LogP contribution in [0.1, 0.15) is 5.69 Å². The summed E-state index contributed by atoms with van der Waals surface area (Å²) in [6.45, 7) is 2.96. The van der Waals surface area contributed by atoms with Crippen molar-refractivity contribution in [2.24, 2.45) is 0 Å². The number of carbonyl (C=O) groups excluding carboxylic acids is 1. The van der Waals surface area contributed by atoms with Crippen LogP contribution in [0.5, 0.6) is 0 Å². The third-order valence-electron chi connectivity index (χ3n) is 4.02. The van der Waals surface area contributed by atoms with Gasteiger partial charge in [-0.2, -0.15) is 4.98 Å². The van der Waals surface area contributed by atoms with Crippen molar-refractivity contribution >= 4 is 23.1 Å². The first-order valence-electron chi connectivity index (χ1n) is 7.80. The van der Waals surface area contributed by atoms with Crippen LogP contribution in [0.25, 0.3) is 11.1 Å². The number of anilines is 1. The van der Waals surface area contributed by atoms with Crippen LogP contribution in [0.15, 0.2) is 45.8 Å². The highest BCUT2D eigenvalue weighted by Gasteiger charge is 2.23. The van der Waals surface area contributed by atoms with Crippen molar-refractivity contribution in [1.29, 1.82) is 0 Å². The first kappa shape index (κ1) is 14.6. The van der Waals surface area contributed by atoms with Gasteiger partial charge < -0.3 is 24.0 Å². The molecule has 2 aromatic heterocycles. The number of urea groups is 1. The number of rotatable bonds is 3. The Labute approximate surface area is 138 Å². The Morgan fingerprint density at radius 2 is 2.04 bits per heavy atom. The molecule has 24 heavy (non-hydrogen) atoms. The third kappa shape index (κ3) is 2.90. The predicted octanol–water partition coefficient (Wildman–Crippen LogP) is 1.85. The molecule has 2 amide bonds. The second-order valence-electron chi connectivity index (χ2n) is 5.58. The van der Waals surface area contributed by atoms with E-state index >= 15 is 0 Å². The highest BCUT2D eigenvalue weighted by molar-refractivity contribution is 5.75. The van der Waals surface area contributed by atoms with Crippen molar-refractivity contribution in [1.82, 2.24) is 20.2 Å². The molecule has 0 bridgehead atoms. The molecule has 0 saturated carbocycles. The van der Waals surface area contributed by atoms with Gasteiger partial charge in [-0.3, -0.25) is 0 Å². The number of carbonyl (C=O) groups is 1. The number of fused-ring (bicyclic) bond motifs is 1. The maximum absolute atomic E-state index is 12.2. The summed E-state index contributed by atoms with van der Waals surface area (Å²) in [6, 6.07) is 8.20. The van der Waals surface area contributed by atoms with Crippen molar-refractivity contribution in [3.63, 3.8) is 0 Å². The molecule has 0 atom stereocenters. The van der Waals surface area contributed by atoms with E-state index in [-0.39, 0.29) is 6.03 Å². The fourth-order valence-electron chi connectivity index (χ4n) is 2.70. The van der Waals surface area contributed by atoms with Crippen LogP contribution in [-0.2, 0) is 6.54 Å². The summed E-state index contributed by atoms with van der Waals surface area (Å²) in [5.74, 6) is 0. The summed E-state index contributed by atoms with van der Waals surface area (Å²) in [5.41, 5.74) is 2.33. The molecule has 3 heterocycles. The maximum atomic E-state index is 12.2. The number of nitrogens with zero attached hydrogens (tertiary/aromatic N) is 4. The lowest BCUT2D eigenvalue weighted by Crippen LogP contribution is -2.51. The van der Waals surface area contributed by atoms with E-state index in [2.05, 4.69) is 20.2 Å². The Morgan fingerprint density at radius 3 is 2.79 bits per heavy atom. The molecule has 1 saturated heterocycles. The number of amides is 2. The molecule has 3 aromatic rings. The molecule has 1 aliphatic heterocycles. The van der Waals surface area contributed by atoms with Gasteiger partial charge in [-0.15, -0.1) is 0 Å². The monoisotopic (exact) mass is 327 g/mol. The van der Waals surface area contributed by atoms with Gasteiger partial charge in [0.05, 0.1) is 12.2 Å². The zero-order valence-electron chi connectivity index (χ0n) is 13.0. The summed E-state index contributed by atoms with van der Waals surface area (Å²) in [6.07, 6.45) is 2.87. The molecule has 4 rings (SSSR count). The zero-order valence-corrected chi connectivity index (χ0v) is 13.0. The fourth-order valence-corrected chi connectivity index (χ4v) is 2.70. The number of para-hydroxylation sites is 2. The highest BCUT2D eigenvalue weighted by Crippen LogP contribution is 2.22. The van der Waals surface area contributed by atoms with Gasteiger partial charge in [-0.1, -0.05) is 12.1 Å². The standard InChI is InChI=1S/C16H17N5O3/c22-15(17-9-12-10-23-11-18-12)20-5-7-21(8-6-20)16-19-13-3-1-2-4-14(13)24-16/h1-4,10-11H,5-9H2,(H,17,22). The van der Waals surface area contributed by atoms with Gasteiger partial charge in [0.25, 0.3) is 6.01 Å². The molecular weight excluding hydrogens is 310 g/mol. The third-order valence-corrected chi connectivity index (χ3v) is 4.02. The SMILES string of the molecule is O=C(NCc1cocn1)N1CCN(c2nc3ccccc3o2)CC1. The van der Waals surface area contributed by atoms with Crippen molar-refractivity contribution in [3.05, 3.63) is 42.6 Å². The fraction of sp³-hybridized carbons (Fsp3) is 0.312. The molecular formula is C16H17N5O3. The molecule has 8 heteroatoms. The normalized spacial score (nSPS) is 15.0. The van der Waals surface area contributed by atoms with E-state index in [1.807, 2.05) is 24.3 Å². The maximum Gasteiger partial charge on any atom is 0.317 e. The Bertz CT molecular complexity index is 788. The van der Waals surface area contributed by atoms with Crippen LogP contribution in [0.2, 0.25) is 0 Å². The van der Waals surface area contributed by atoms with Crippen LogP contribution in [-0.4, -0.2) is 47.1 Å². The molecule has 1 N–H and O–H groups in total. The van der Waals surface area contributed by atoms with Gasteiger partial charge in [-0.05, 0) is 12.1 Å². The molecule has 8 nitrogen and oxygen atoms in total. The molecule has 1 aliphatic rings. The van der Waals surface area contributed by atoms with Gasteiger partial charge in [-0.25, -0.2) is 9.78 Å². The van der Waals surface area contributed by atoms with Crippen LogP contribution in [0.3, 0.4) is 0 Å². The Kier molecular flexibility index (Phi) is 3.78. The Morgan fingerprint density at radius 1 is 1.21 bits per heavy atom. The number of hydrogen-bond donors (Lipinski definition) is 1. The largest absolute Gasteiger partial charge is 0.451 e. The Balaban J connectivity index is 1.33. The van der Waals surface area contributed by atoms with Crippen molar-refractivity contribution in [2.45, 2.75) is 6.54 Å². The molecule has 0 spiro atoms. The minimum absolute atomic E-state index is 0.102. The van der Waals surface area contributed by atoms with Gasteiger partial charge in [0, 0.05) is 26.2 Å². The molecule has 0 unspecified atom stereocenters. The highest BCUT2D eigenvalue weighted by atomic mass is 16.4. The van der Waals surface area contributed by atoms with Crippen molar-refractivity contribution in [2.75, 3.05) is 31.1 Å². The van der Waals surface area contributed by atoms with E-state index in [1.54, 1.807) is 4.90 Å². The molecule has 0 radical (unpaired) electrons. The van der Waals surface area contributed by atoms with Gasteiger partial charge in [0.2, 0.25) is 0 Å². The van der Waals surface area contributed by atoms with E-state index in [0.717, 1.165) is 11.1 Å². The van der Waals surface area contributed by atoms with Crippen molar-refractivity contribution in [3.8, 4) is 0 Å². The Hall–Kier alpha value is -3.03. The average molecular weight is 327 g/mol. The summed E-state index contributed by atoms with van der Waals surface area (Å²) in [5, 5.41) is 2.84. The predicted molar refractivity (Wildman–Crippen MR) is 86.5 cm³/mol. The minimum atomic E-state index is -0.102. The first-order chi connectivity index (χ1) is 11.8. The number of piperazine rings is 1. The van der Waals surface area contributed by atoms with Crippen LogP contribution in [0, 0.1) is 0 Å². The minimum Gasteiger partial charge on any atom is -0.451 e. The molecule has 0 aliphatic carbocycles. The van der Waals surface area contributed by atoms with E-state index in [0.29, 0.717) is 44.4 Å². The van der Waals surface area contributed by atoms with Gasteiger partial charge >= 0.3 is 6.03 Å². The number of aromatic nitrogens is 2. The van der Waals surface area contributed by atoms with E-state index < -0.39 is 0 Å². The second kappa shape index (κ2) is 6.23. The molecule has 124 valence electrons. The quantitative estimate of drug-likeness (QED) is 0.790. The van der Waals surface area contributed by atoms with Crippen LogP contribution in [0.4, 0.5) is 10.8 Å². The van der Waals surface area contributed by atoms with E-state index in [4.69, 9.17) is 8.83 Å². The lowest BCUT2D eigenvalue weighted by atomic mass is 10.3. The number of hydrogen-bond acceptors (Lipinski definition) is 6. The number of nitrogens with one attached hydrogen (secondary N) is 1. The smallest absolute Gasteiger partial charge is 0.317 e. The summed E-state index contributed by atoms with van der Waals surface area (Å²) < 4.78 is 10.7. The van der Waals surface area contributed by atoms with Crippen LogP contribution >= 0.6 is 0 Å². The number of benzene rings is 1. The van der Waals surface area contributed by atoms with Crippen LogP contribution < -0.4 is 10.2 Å². The second-order valence-corrected chi connectivity index (χ2v) is 5.58. The lowest BCUT2D eigenvalue weighted by Gasteiger charge is -2.33.